The van der Waals surface area contributed by atoms with Gasteiger partial charge in [-0.1, -0.05) is 6.07 Å². The molecule has 0 atom stereocenters. The number of benzene rings is 1. The van der Waals surface area contributed by atoms with Crippen molar-refractivity contribution in [3.05, 3.63) is 54.2 Å². The molecule has 22 heavy (non-hydrogen) atoms. The van der Waals surface area contributed by atoms with Gasteiger partial charge in [0.1, 0.15) is 5.76 Å². The molecule has 0 unspecified atom stereocenters. The molecule has 114 valence electrons. The van der Waals surface area contributed by atoms with E-state index in [9.17, 15) is 4.79 Å². The summed E-state index contributed by atoms with van der Waals surface area (Å²) in [4.78, 5) is 16.4. The fourth-order valence-electron chi connectivity index (χ4n) is 2.45. The summed E-state index contributed by atoms with van der Waals surface area (Å²) in [5, 5.41) is 2.85. The van der Waals surface area contributed by atoms with Crippen molar-refractivity contribution in [3.63, 3.8) is 0 Å². The van der Waals surface area contributed by atoms with E-state index in [2.05, 4.69) is 28.7 Å². The van der Waals surface area contributed by atoms with Crippen LogP contribution in [0.2, 0.25) is 0 Å². The third kappa shape index (κ3) is 3.03. The summed E-state index contributed by atoms with van der Waals surface area (Å²) in [7, 11) is 0. The largest absolute Gasteiger partial charge is 0.467 e. The maximum atomic E-state index is 12.0. The maximum Gasteiger partial charge on any atom is 0.224 e. The van der Waals surface area contributed by atoms with Crippen LogP contribution in [0.4, 0.5) is 0 Å². The molecule has 1 aromatic carbocycles. The first-order valence-corrected chi connectivity index (χ1v) is 7.38. The monoisotopic (exact) mass is 297 g/mol. The Morgan fingerprint density at radius 3 is 2.95 bits per heavy atom. The summed E-state index contributed by atoms with van der Waals surface area (Å²) >= 11 is 0. The van der Waals surface area contributed by atoms with E-state index in [1.807, 2.05) is 30.6 Å². The lowest BCUT2D eigenvalue weighted by molar-refractivity contribution is -0.120. The van der Waals surface area contributed by atoms with Gasteiger partial charge in [-0.05, 0) is 43.7 Å². The number of amides is 1. The highest BCUT2D eigenvalue weighted by Crippen LogP contribution is 2.19. The molecule has 0 saturated heterocycles. The summed E-state index contributed by atoms with van der Waals surface area (Å²) in [6.45, 7) is 4.66. The molecular formula is C17H19N3O2. The number of carbonyl (C=O) groups is 1. The molecule has 1 N–H and O–H groups in total. The van der Waals surface area contributed by atoms with Crippen LogP contribution in [0.1, 0.15) is 31.2 Å². The predicted molar refractivity (Wildman–Crippen MR) is 84.4 cm³/mol. The minimum Gasteiger partial charge on any atom is -0.467 e. The van der Waals surface area contributed by atoms with Crippen LogP contribution in [0.5, 0.6) is 0 Å². The molecule has 5 heteroatoms. The highest BCUT2D eigenvalue weighted by Gasteiger charge is 2.09. The zero-order valence-electron chi connectivity index (χ0n) is 12.7. The first-order chi connectivity index (χ1) is 10.6. The number of nitrogens with zero attached hydrogens (tertiary/aromatic N) is 2. The molecule has 0 bridgehead atoms. The Balaban J connectivity index is 1.67. The van der Waals surface area contributed by atoms with Gasteiger partial charge in [0.05, 0.1) is 36.6 Å². The van der Waals surface area contributed by atoms with Crippen molar-refractivity contribution >= 4 is 16.9 Å². The third-order valence-electron chi connectivity index (χ3n) is 3.60. The third-order valence-corrected chi connectivity index (χ3v) is 3.60. The highest BCUT2D eigenvalue weighted by atomic mass is 16.3. The first kappa shape index (κ1) is 14.4. The standard InChI is InChI=1S/C17H19N3O2/c1-12(2)20-11-19-15-8-13(5-6-16(15)20)9-17(21)18-10-14-4-3-7-22-14/h3-8,11-12H,9-10H2,1-2H3,(H,18,21). The Kier molecular flexibility index (Phi) is 3.96. The number of hydrogen-bond acceptors (Lipinski definition) is 3. The van der Waals surface area contributed by atoms with E-state index in [-0.39, 0.29) is 5.91 Å². The van der Waals surface area contributed by atoms with E-state index >= 15 is 0 Å². The molecule has 3 rings (SSSR count). The SMILES string of the molecule is CC(C)n1cnc2cc(CC(=O)NCc3ccco3)ccc21. The number of imidazole rings is 1. The lowest BCUT2D eigenvalue weighted by Crippen LogP contribution is -2.24. The molecule has 5 nitrogen and oxygen atoms in total. The van der Waals surface area contributed by atoms with Gasteiger partial charge in [0.15, 0.2) is 0 Å². The van der Waals surface area contributed by atoms with Crippen molar-refractivity contribution in [2.24, 2.45) is 0 Å². The number of furan rings is 1. The summed E-state index contributed by atoms with van der Waals surface area (Å²) < 4.78 is 7.31. The molecule has 0 radical (unpaired) electrons. The molecule has 2 aromatic heterocycles. The number of nitrogens with one attached hydrogen (secondary N) is 1. The van der Waals surface area contributed by atoms with E-state index < -0.39 is 0 Å². The molecular weight excluding hydrogens is 278 g/mol. The number of hydrogen-bond donors (Lipinski definition) is 1. The van der Waals surface area contributed by atoms with Crippen LogP contribution in [-0.4, -0.2) is 15.5 Å². The topological polar surface area (TPSA) is 60.1 Å². The molecule has 0 aliphatic rings. The summed E-state index contributed by atoms with van der Waals surface area (Å²) in [6, 6.07) is 9.99. The molecule has 0 saturated carbocycles. The average molecular weight is 297 g/mol. The zero-order valence-corrected chi connectivity index (χ0v) is 12.7. The molecule has 0 fully saturated rings. The first-order valence-electron chi connectivity index (χ1n) is 7.38. The lowest BCUT2D eigenvalue weighted by atomic mass is 10.1. The highest BCUT2D eigenvalue weighted by molar-refractivity contribution is 5.81. The van der Waals surface area contributed by atoms with E-state index in [0.29, 0.717) is 19.0 Å². The summed E-state index contributed by atoms with van der Waals surface area (Å²) in [5.74, 6) is 0.721. The van der Waals surface area contributed by atoms with Crippen LogP contribution in [0.3, 0.4) is 0 Å². The normalized spacial score (nSPS) is 11.2. The predicted octanol–water partition coefficient (Wildman–Crippen LogP) is 3.07. The molecule has 1 amide bonds. The fraction of sp³-hybridized carbons (Fsp3) is 0.294. The van der Waals surface area contributed by atoms with Gasteiger partial charge in [0.25, 0.3) is 0 Å². The van der Waals surface area contributed by atoms with Crippen molar-refractivity contribution in [1.29, 1.82) is 0 Å². The van der Waals surface area contributed by atoms with E-state index in [0.717, 1.165) is 22.4 Å². The van der Waals surface area contributed by atoms with Gasteiger partial charge in [-0.15, -0.1) is 0 Å². The smallest absolute Gasteiger partial charge is 0.224 e. The van der Waals surface area contributed by atoms with Gasteiger partial charge in [0, 0.05) is 6.04 Å². The molecule has 0 spiro atoms. The fourth-order valence-corrected chi connectivity index (χ4v) is 2.45. The van der Waals surface area contributed by atoms with Gasteiger partial charge >= 0.3 is 0 Å². The summed E-state index contributed by atoms with van der Waals surface area (Å²) in [6.07, 6.45) is 3.78. The van der Waals surface area contributed by atoms with Crippen molar-refractivity contribution in [1.82, 2.24) is 14.9 Å². The number of rotatable bonds is 5. The van der Waals surface area contributed by atoms with Gasteiger partial charge in [0.2, 0.25) is 5.91 Å². The van der Waals surface area contributed by atoms with Crippen LogP contribution >= 0.6 is 0 Å². The molecule has 0 aliphatic heterocycles. The second kappa shape index (κ2) is 6.05. The van der Waals surface area contributed by atoms with Gasteiger partial charge in [-0.25, -0.2) is 4.98 Å². The zero-order chi connectivity index (χ0) is 15.5. The van der Waals surface area contributed by atoms with Crippen LogP contribution in [0.15, 0.2) is 47.3 Å². The molecule has 3 aromatic rings. The van der Waals surface area contributed by atoms with Crippen LogP contribution in [0, 0.1) is 0 Å². The Bertz CT molecular complexity index is 772. The Hall–Kier alpha value is -2.56. The Morgan fingerprint density at radius 2 is 2.23 bits per heavy atom. The quantitative estimate of drug-likeness (QED) is 0.787. The molecule has 0 aliphatic carbocycles. The van der Waals surface area contributed by atoms with Gasteiger partial charge in [-0.2, -0.15) is 0 Å². The van der Waals surface area contributed by atoms with Crippen molar-refractivity contribution in [2.75, 3.05) is 0 Å². The number of carbonyl (C=O) groups excluding carboxylic acids is 1. The van der Waals surface area contributed by atoms with Crippen LogP contribution in [-0.2, 0) is 17.8 Å². The van der Waals surface area contributed by atoms with E-state index in [4.69, 9.17) is 4.42 Å². The number of aromatic nitrogens is 2. The minimum atomic E-state index is -0.0287. The van der Waals surface area contributed by atoms with Crippen molar-refractivity contribution in [2.45, 2.75) is 32.9 Å². The average Bonchev–Trinajstić information content (AvgIpc) is 3.14. The van der Waals surface area contributed by atoms with Crippen molar-refractivity contribution in [3.8, 4) is 0 Å². The van der Waals surface area contributed by atoms with Crippen LogP contribution < -0.4 is 5.32 Å². The second-order valence-electron chi connectivity index (χ2n) is 5.60. The lowest BCUT2D eigenvalue weighted by Gasteiger charge is -2.08. The van der Waals surface area contributed by atoms with Crippen LogP contribution in [0.25, 0.3) is 11.0 Å². The maximum absolute atomic E-state index is 12.0. The van der Waals surface area contributed by atoms with E-state index in [1.165, 1.54) is 0 Å². The van der Waals surface area contributed by atoms with E-state index in [1.54, 1.807) is 12.3 Å². The number of fused-ring (bicyclic) bond motifs is 1. The van der Waals surface area contributed by atoms with Gasteiger partial charge < -0.3 is 14.3 Å². The summed E-state index contributed by atoms with van der Waals surface area (Å²) in [5.41, 5.74) is 2.97. The molecule has 2 heterocycles. The minimum absolute atomic E-state index is 0.0287. The Morgan fingerprint density at radius 1 is 1.36 bits per heavy atom. The van der Waals surface area contributed by atoms with Gasteiger partial charge in [-0.3, -0.25) is 4.79 Å². The van der Waals surface area contributed by atoms with Crippen molar-refractivity contribution < 1.29 is 9.21 Å². The Labute approximate surface area is 129 Å². The second-order valence-corrected chi connectivity index (χ2v) is 5.60.